The van der Waals surface area contributed by atoms with Crippen LogP contribution in [0.4, 0.5) is 0 Å². The molecule has 1 aromatic rings. The number of sulfonamides is 1. The van der Waals surface area contributed by atoms with Gasteiger partial charge in [-0.05, 0) is 30.5 Å². The predicted molar refractivity (Wildman–Crippen MR) is 87.8 cm³/mol. The fourth-order valence-electron chi connectivity index (χ4n) is 2.35. The number of hydrogen-bond acceptors (Lipinski definition) is 3. The number of nitrogens with zero attached hydrogens (tertiary/aromatic N) is 1. The van der Waals surface area contributed by atoms with Crippen LogP contribution in [0.2, 0.25) is 0 Å². The summed E-state index contributed by atoms with van der Waals surface area (Å²) in [4.78, 5) is 14.3. The van der Waals surface area contributed by atoms with Crippen molar-refractivity contribution in [1.82, 2.24) is 4.90 Å². The Bertz CT molecular complexity index is 578. The molecule has 0 saturated carbocycles. The molecule has 1 amide bonds. The van der Waals surface area contributed by atoms with E-state index in [4.69, 9.17) is 5.14 Å². The summed E-state index contributed by atoms with van der Waals surface area (Å²) in [6.07, 6.45) is 2.39. The SMILES string of the molecule is CCC(CC)CN(CC)C(=O)Cc1ccc(S(N)(=O)=O)cc1. The molecule has 22 heavy (non-hydrogen) atoms. The van der Waals surface area contributed by atoms with Crippen molar-refractivity contribution in [3.63, 3.8) is 0 Å². The number of benzene rings is 1. The van der Waals surface area contributed by atoms with Gasteiger partial charge in [0.15, 0.2) is 0 Å². The first-order chi connectivity index (χ1) is 10.3. The first kappa shape index (κ1) is 18.6. The normalized spacial score (nSPS) is 11.7. The Kier molecular flexibility index (Phi) is 7.03. The van der Waals surface area contributed by atoms with Crippen LogP contribution in [-0.4, -0.2) is 32.3 Å². The highest BCUT2D eigenvalue weighted by atomic mass is 32.2. The molecule has 2 N–H and O–H groups in total. The first-order valence-electron chi connectivity index (χ1n) is 7.71. The maximum atomic E-state index is 12.4. The van der Waals surface area contributed by atoms with E-state index in [0.717, 1.165) is 24.9 Å². The number of rotatable bonds is 8. The fourth-order valence-corrected chi connectivity index (χ4v) is 2.86. The summed E-state index contributed by atoms with van der Waals surface area (Å²) in [6.45, 7) is 7.71. The highest BCUT2D eigenvalue weighted by molar-refractivity contribution is 7.89. The van der Waals surface area contributed by atoms with Crippen LogP contribution < -0.4 is 5.14 Å². The molecule has 0 fully saturated rings. The first-order valence-corrected chi connectivity index (χ1v) is 9.25. The summed E-state index contributed by atoms with van der Waals surface area (Å²) in [5.74, 6) is 0.589. The van der Waals surface area contributed by atoms with E-state index in [1.807, 2.05) is 11.8 Å². The van der Waals surface area contributed by atoms with Crippen LogP contribution in [0.25, 0.3) is 0 Å². The molecule has 6 heteroatoms. The van der Waals surface area contributed by atoms with E-state index in [1.54, 1.807) is 12.1 Å². The largest absolute Gasteiger partial charge is 0.342 e. The van der Waals surface area contributed by atoms with E-state index in [9.17, 15) is 13.2 Å². The van der Waals surface area contributed by atoms with Crippen LogP contribution >= 0.6 is 0 Å². The number of carbonyl (C=O) groups excluding carboxylic acids is 1. The summed E-state index contributed by atoms with van der Waals surface area (Å²) in [7, 11) is -3.69. The second-order valence-corrected chi connectivity index (χ2v) is 7.04. The van der Waals surface area contributed by atoms with Crippen LogP contribution in [0.3, 0.4) is 0 Å². The standard InChI is InChI=1S/C16H26N2O3S/c1-4-13(5-2)12-18(6-3)16(19)11-14-7-9-15(10-8-14)22(17,20)21/h7-10,13H,4-6,11-12H2,1-3H3,(H2,17,20,21). The Balaban J connectivity index is 2.74. The topological polar surface area (TPSA) is 80.5 Å². The number of amides is 1. The molecule has 0 aliphatic rings. The molecule has 1 rings (SSSR count). The summed E-state index contributed by atoms with van der Waals surface area (Å²) in [6, 6.07) is 6.16. The minimum Gasteiger partial charge on any atom is -0.342 e. The Morgan fingerprint density at radius 1 is 1.14 bits per heavy atom. The van der Waals surface area contributed by atoms with Gasteiger partial charge in [-0.1, -0.05) is 38.8 Å². The van der Waals surface area contributed by atoms with Crippen molar-refractivity contribution >= 4 is 15.9 Å². The molecule has 0 unspecified atom stereocenters. The number of hydrogen-bond donors (Lipinski definition) is 1. The maximum absolute atomic E-state index is 12.4. The Morgan fingerprint density at radius 2 is 1.68 bits per heavy atom. The quantitative estimate of drug-likeness (QED) is 0.795. The molecule has 0 saturated heterocycles. The molecule has 0 bridgehead atoms. The van der Waals surface area contributed by atoms with E-state index in [-0.39, 0.29) is 17.2 Å². The third-order valence-corrected chi connectivity index (χ3v) is 4.90. The Morgan fingerprint density at radius 3 is 2.09 bits per heavy atom. The molecule has 5 nitrogen and oxygen atoms in total. The monoisotopic (exact) mass is 326 g/mol. The average Bonchev–Trinajstić information content (AvgIpc) is 2.48. The highest BCUT2D eigenvalue weighted by Crippen LogP contribution is 2.13. The molecule has 0 aromatic heterocycles. The fraction of sp³-hybridized carbons (Fsp3) is 0.562. The van der Waals surface area contributed by atoms with E-state index in [0.29, 0.717) is 12.5 Å². The second-order valence-electron chi connectivity index (χ2n) is 5.48. The van der Waals surface area contributed by atoms with Gasteiger partial charge >= 0.3 is 0 Å². The van der Waals surface area contributed by atoms with Gasteiger partial charge < -0.3 is 4.90 Å². The van der Waals surface area contributed by atoms with Crippen molar-refractivity contribution in [3.8, 4) is 0 Å². The highest BCUT2D eigenvalue weighted by Gasteiger charge is 2.16. The molecule has 0 aliphatic heterocycles. The van der Waals surface area contributed by atoms with Crippen molar-refractivity contribution in [2.24, 2.45) is 11.1 Å². The van der Waals surface area contributed by atoms with Crippen LogP contribution in [0.1, 0.15) is 39.2 Å². The number of carbonyl (C=O) groups is 1. The molecule has 0 heterocycles. The van der Waals surface area contributed by atoms with Gasteiger partial charge in [0.25, 0.3) is 0 Å². The lowest BCUT2D eigenvalue weighted by molar-refractivity contribution is -0.130. The van der Waals surface area contributed by atoms with Crippen molar-refractivity contribution in [3.05, 3.63) is 29.8 Å². The summed E-state index contributed by atoms with van der Waals surface area (Å²) in [5.41, 5.74) is 0.792. The van der Waals surface area contributed by atoms with Crippen LogP contribution in [-0.2, 0) is 21.2 Å². The van der Waals surface area contributed by atoms with Crippen molar-refractivity contribution < 1.29 is 13.2 Å². The molecule has 0 spiro atoms. The van der Waals surface area contributed by atoms with Gasteiger partial charge in [-0.25, -0.2) is 13.6 Å². The molecule has 0 aliphatic carbocycles. The molecular weight excluding hydrogens is 300 g/mol. The van der Waals surface area contributed by atoms with Gasteiger partial charge in [-0.15, -0.1) is 0 Å². The Labute approximate surface area is 133 Å². The zero-order chi connectivity index (χ0) is 16.8. The summed E-state index contributed by atoms with van der Waals surface area (Å²) < 4.78 is 22.4. The van der Waals surface area contributed by atoms with Crippen molar-refractivity contribution in [1.29, 1.82) is 0 Å². The minimum atomic E-state index is -3.69. The van der Waals surface area contributed by atoms with Gasteiger partial charge in [0, 0.05) is 13.1 Å². The number of likely N-dealkylation sites (N-methyl/N-ethyl adjacent to an activating group) is 1. The predicted octanol–water partition coefficient (Wildman–Crippen LogP) is 2.16. The zero-order valence-electron chi connectivity index (χ0n) is 13.6. The van der Waals surface area contributed by atoms with Crippen molar-refractivity contribution in [2.45, 2.75) is 44.9 Å². The zero-order valence-corrected chi connectivity index (χ0v) is 14.4. The van der Waals surface area contributed by atoms with Crippen molar-refractivity contribution in [2.75, 3.05) is 13.1 Å². The lowest BCUT2D eigenvalue weighted by Gasteiger charge is -2.25. The van der Waals surface area contributed by atoms with Crippen LogP contribution in [0, 0.1) is 5.92 Å². The van der Waals surface area contributed by atoms with Gasteiger partial charge in [-0.3, -0.25) is 4.79 Å². The lowest BCUT2D eigenvalue weighted by atomic mass is 10.0. The van der Waals surface area contributed by atoms with E-state index in [1.165, 1.54) is 12.1 Å². The van der Waals surface area contributed by atoms with E-state index < -0.39 is 10.0 Å². The third kappa shape index (κ3) is 5.42. The van der Waals surface area contributed by atoms with Gasteiger partial charge in [0.05, 0.1) is 11.3 Å². The minimum absolute atomic E-state index is 0.0630. The van der Waals surface area contributed by atoms with Crippen LogP contribution in [0.15, 0.2) is 29.2 Å². The molecule has 0 radical (unpaired) electrons. The smallest absolute Gasteiger partial charge is 0.238 e. The second kappa shape index (κ2) is 8.29. The summed E-state index contributed by atoms with van der Waals surface area (Å²) >= 11 is 0. The van der Waals surface area contributed by atoms with Gasteiger partial charge in [0.1, 0.15) is 0 Å². The van der Waals surface area contributed by atoms with Gasteiger partial charge in [0.2, 0.25) is 15.9 Å². The lowest BCUT2D eigenvalue weighted by Crippen LogP contribution is -2.36. The molecule has 1 aromatic carbocycles. The third-order valence-electron chi connectivity index (χ3n) is 3.97. The van der Waals surface area contributed by atoms with Crippen LogP contribution in [0.5, 0.6) is 0 Å². The molecule has 124 valence electrons. The molecular formula is C16H26N2O3S. The Hall–Kier alpha value is -1.40. The van der Waals surface area contributed by atoms with Gasteiger partial charge in [-0.2, -0.15) is 0 Å². The number of nitrogens with two attached hydrogens (primary N) is 1. The maximum Gasteiger partial charge on any atom is 0.238 e. The summed E-state index contributed by atoms with van der Waals surface area (Å²) in [5, 5.41) is 5.06. The van der Waals surface area contributed by atoms with E-state index in [2.05, 4.69) is 13.8 Å². The molecule has 0 atom stereocenters. The number of primary sulfonamides is 1. The van der Waals surface area contributed by atoms with E-state index >= 15 is 0 Å². The average molecular weight is 326 g/mol.